The van der Waals surface area contributed by atoms with Gasteiger partial charge in [0.05, 0.1) is 24.8 Å². The smallest absolute Gasteiger partial charge is 0.365 e. The van der Waals surface area contributed by atoms with Crippen LogP contribution in [0.4, 0.5) is 0 Å². The molecule has 0 spiro atoms. The maximum absolute atomic E-state index is 12.0. The fourth-order valence-corrected chi connectivity index (χ4v) is 2.94. The van der Waals surface area contributed by atoms with Crippen molar-refractivity contribution in [2.45, 2.75) is 6.42 Å². The van der Waals surface area contributed by atoms with Crippen LogP contribution in [0.5, 0.6) is 0 Å². The summed E-state index contributed by atoms with van der Waals surface area (Å²) in [6.45, 7) is 2.27. The molecule has 7 heteroatoms. The zero-order chi connectivity index (χ0) is 14.1. The number of hydrogen-bond donors (Lipinski definition) is 1. The van der Waals surface area contributed by atoms with E-state index in [4.69, 9.17) is 9.84 Å². The number of aromatic carboxylic acids is 1. The van der Waals surface area contributed by atoms with E-state index in [2.05, 4.69) is 4.98 Å². The highest BCUT2D eigenvalue weighted by atomic mass is 32.1. The molecular weight excluding hydrogens is 280 g/mol. The molecule has 20 heavy (non-hydrogen) atoms. The quantitative estimate of drug-likeness (QED) is 0.903. The molecule has 6 nitrogen and oxygen atoms in total. The number of rotatable bonds is 3. The van der Waals surface area contributed by atoms with Gasteiger partial charge in [0.2, 0.25) is 10.9 Å². The fourth-order valence-electron chi connectivity index (χ4n) is 2.26. The van der Waals surface area contributed by atoms with Crippen LogP contribution in [-0.4, -0.2) is 53.2 Å². The van der Waals surface area contributed by atoms with Crippen molar-refractivity contribution in [1.82, 2.24) is 9.88 Å². The van der Waals surface area contributed by atoms with E-state index in [1.807, 2.05) is 11.0 Å². The highest BCUT2D eigenvalue weighted by Gasteiger charge is 2.31. The average molecular weight is 294 g/mol. The van der Waals surface area contributed by atoms with Crippen LogP contribution in [0, 0.1) is 5.92 Å². The number of carbonyl (C=O) groups excluding carboxylic acids is 1. The maximum atomic E-state index is 12.0. The summed E-state index contributed by atoms with van der Waals surface area (Å²) >= 11 is 1.13. The van der Waals surface area contributed by atoms with Crippen LogP contribution >= 0.6 is 11.3 Å². The fraction of sp³-hybridized carbons (Fsp3) is 0.462. The summed E-state index contributed by atoms with van der Waals surface area (Å²) in [6, 6.07) is 0. The van der Waals surface area contributed by atoms with Crippen molar-refractivity contribution in [3.05, 3.63) is 22.2 Å². The molecule has 0 radical (unpaired) electrons. The number of carboxylic acid groups (broad SMARTS) is 1. The number of aromatic nitrogens is 1. The van der Waals surface area contributed by atoms with E-state index < -0.39 is 5.97 Å². The number of hydrogen-bond acceptors (Lipinski definition) is 5. The number of nitrogens with zero attached hydrogens (tertiary/aromatic N) is 2. The van der Waals surface area contributed by atoms with Crippen molar-refractivity contribution in [2.24, 2.45) is 5.92 Å². The van der Waals surface area contributed by atoms with E-state index in [0.717, 1.165) is 16.9 Å². The Hall–Kier alpha value is -1.73. The van der Waals surface area contributed by atoms with Crippen molar-refractivity contribution in [2.75, 3.05) is 26.3 Å². The van der Waals surface area contributed by atoms with Gasteiger partial charge in [-0.1, -0.05) is 6.08 Å². The summed E-state index contributed by atoms with van der Waals surface area (Å²) in [5.74, 6) is -0.835. The molecule has 0 saturated carbocycles. The van der Waals surface area contributed by atoms with Crippen LogP contribution in [-0.2, 0) is 9.53 Å². The molecule has 106 valence electrons. The van der Waals surface area contributed by atoms with Crippen molar-refractivity contribution in [1.29, 1.82) is 0 Å². The predicted octanol–water partition coefficient (Wildman–Crippen LogP) is 1.10. The van der Waals surface area contributed by atoms with Crippen LogP contribution in [0.25, 0.3) is 5.57 Å². The number of carboxylic acids is 1. The first-order chi connectivity index (χ1) is 9.65. The molecule has 2 aliphatic heterocycles. The molecule has 3 heterocycles. The Bertz CT molecular complexity index is 577. The Balaban J connectivity index is 1.66. The highest BCUT2D eigenvalue weighted by molar-refractivity contribution is 7.11. The van der Waals surface area contributed by atoms with Crippen molar-refractivity contribution >= 4 is 28.8 Å². The maximum Gasteiger partial charge on any atom is 0.365 e. The second-order valence-corrected chi connectivity index (χ2v) is 5.70. The van der Waals surface area contributed by atoms with Gasteiger partial charge in [-0.15, -0.1) is 11.3 Å². The molecule has 0 atom stereocenters. The zero-order valence-corrected chi connectivity index (χ0v) is 11.6. The zero-order valence-electron chi connectivity index (χ0n) is 10.7. The topological polar surface area (TPSA) is 79.7 Å². The first-order valence-electron chi connectivity index (χ1n) is 6.40. The van der Waals surface area contributed by atoms with Crippen molar-refractivity contribution < 1.29 is 19.4 Å². The second-order valence-electron chi connectivity index (χ2n) is 4.84. The van der Waals surface area contributed by atoms with E-state index in [1.54, 1.807) is 5.38 Å². The van der Waals surface area contributed by atoms with E-state index in [-0.39, 0.29) is 16.8 Å². The van der Waals surface area contributed by atoms with Gasteiger partial charge >= 0.3 is 5.97 Å². The summed E-state index contributed by atoms with van der Waals surface area (Å²) in [6.07, 6.45) is 2.67. The first kappa shape index (κ1) is 13.3. The molecule has 1 fully saturated rings. The van der Waals surface area contributed by atoms with E-state index in [1.165, 1.54) is 0 Å². The number of carbonyl (C=O) groups is 2. The Morgan fingerprint density at radius 3 is 2.75 bits per heavy atom. The van der Waals surface area contributed by atoms with E-state index in [9.17, 15) is 9.59 Å². The summed E-state index contributed by atoms with van der Waals surface area (Å²) < 4.78 is 5.04. The largest absolute Gasteiger partial charge is 0.476 e. The molecule has 1 aromatic rings. The molecule has 0 aromatic carbocycles. The van der Waals surface area contributed by atoms with Gasteiger partial charge in [-0.05, 0) is 12.0 Å². The molecule has 2 aliphatic rings. The molecule has 1 saturated heterocycles. The Labute approximate surface area is 119 Å². The monoisotopic (exact) mass is 294 g/mol. The lowest BCUT2D eigenvalue weighted by Crippen LogP contribution is -2.46. The molecule has 0 aliphatic carbocycles. The van der Waals surface area contributed by atoms with Crippen LogP contribution in [0.2, 0.25) is 0 Å². The van der Waals surface area contributed by atoms with E-state index in [0.29, 0.717) is 38.4 Å². The third kappa shape index (κ3) is 2.46. The molecule has 3 rings (SSSR count). The van der Waals surface area contributed by atoms with Crippen LogP contribution in [0.3, 0.4) is 0 Å². The van der Waals surface area contributed by atoms with Crippen LogP contribution < -0.4 is 0 Å². The summed E-state index contributed by atoms with van der Waals surface area (Å²) in [5, 5.41) is 10.7. The molecule has 1 amide bonds. The Morgan fingerprint density at radius 1 is 1.45 bits per heavy atom. The third-order valence-electron chi connectivity index (χ3n) is 3.52. The minimum absolute atomic E-state index is 0.0165. The lowest BCUT2D eigenvalue weighted by Gasteiger charge is -2.33. The van der Waals surface area contributed by atoms with Crippen LogP contribution in [0.15, 0.2) is 11.5 Å². The standard InChI is InChI=1S/C13H14N2O4S/c16-12(9-5-19-6-9)15-3-1-8(2-4-15)10-7-20-11(14-10)13(17)18/h1,7,9H,2-6H2,(H,17,18). The summed E-state index contributed by atoms with van der Waals surface area (Å²) in [7, 11) is 0. The van der Waals surface area contributed by atoms with Gasteiger partial charge in [0.1, 0.15) is 0 Å². The SMILES string of the molecule is O=C(O)c1nc(C2=CCN(C(=O)C3COC3)CC2)cs1. The lowest BCUT2D eigenvalue weighted by atomic mass is 10.0. The average Bonchev–Trinajstić information content (AvgIpc) is 2.86. The normalized spacial score (nSPS) is 19.4. The van der Waals surface area contributed by atoms with Gasteiger partial charge in [0.15, 0.2) is 0 Å². The van der Waals surface area contributed by atoms with Crippen molar-refractivity contribution in [3.63, 3.8) is 0 Å². The van der Waals surface area contributed by atoms with Gasteiger partial charge in [-0.2, -0.15) is 0 Å². The molecule has 0 unspecified atom stereocenters. The summed E-state index contributed by atoms with van der Waals surface area (Å²) in [5.41, 5.74) is 1.73. The molecular formula is C13H14N2O4S. The molecule has 1 N–H and O–H groups in total. The lowest BCUT2D eigenvalue weighted by molar-refractivity contribution is -0.149. The van der Waals surface area contributed by atoms with Gasteiger partial charge in [0.25, 0.3) is 0 Å². The minimum Gasteiger partial charge on any atom is -0.476 e. The van der Waals surface area contributed by atoms with Crippen LogP contribution in [0.1, 0.15) is 21.9 Å². The first-order valence-corrected chi connectivity index (χ1v) is 7.28. The van der Waals surface area contributed by atoms with Gasteiger partial charge in [-0.3, -0.25) is 4.79 Å². The summed E-state index contributed by atoms with van der Waals surface area (Å²) in [4.78, 5) is 28.8. The van der Waals surface area contributed by atoms with Gasteiger partial charge < -0.3 is 14.7 Å². The highest BCUT2D eigenvalue weighted by Crippen LogP contribution is 2.25. The number of amides is 1. The predicted molar refractivity (Wildman–Crippen MR) is 72.6 cm³/mol. The minimum atomic E-state index is -1.00. The molecule has 1 aromatic heterocycles. The van der Waals surface area contributed by atoms with Gasteiger partial charge in [-0.25, -0.2) is 9.78 Å². The van der Waals surface area contributed by atoms with Crippen molar-refractivity contribution in [3.8, 4) is 0 Å². The second kappa shape index (κ2) is 5.34. The Morgan fingerprint density at radius 2 is 2.25 bits per heavy atom. The van der Waals surface area contributed by atoms with Gasteiger partial charge in [0, 0.05) is 18.5 Å². The van der Waals surface area contributed by atoms with E-state index >= 15 is 0 Å². The number of thiazole rings is 1. The third-order valence-corrected chi connectivity index (χ3v) is 4.35. The Kier molecular flexibility index (Phi) is 3.54. The molecule has 0 bridgehead atoms. The number of ether oxygens (including phenoxy) is 1.